The van der Waals surface area contributed by atoms with Gasteiger partial charge in [-0.25, -0.2) is 4.79 Å². The molecule has 0 saturated heterocycles. The van der Waals surface area contributed by atoms with E-state index in [0.717, 1.165) is 4.90 Å². The molecule has 0 fully saturated rings. The van der Waals surface area contributed by atoms with Crippen LogP contribution in [0.2, 0.25) is 0 Å². The molecule has 27 heavy (non-hydrogen) atoms. The largest absolute Gasteiger partial charge is 0.493 e. The van der Waals surface area contributed by atoms with Gasteiger partial charge >= 0.3 is 11.9 Å². The maximum absolute atomic E-state index is 11.8. The number of methoxy groups -OCH3 is 2. The van der Waals surface area contributed by atoms with Crippen molar-refractivity contribution in [3.63, 3.8) is 0 Å². The molecule has 1 rings (SSSR count). The molecule has 6 N–H and O–H groups in total. The van der Waals surface area contributed by atoms with Gasteiger partial charge in [-0.05, 0) is 13.0 Å². The monoisotopic (exact) mass is 381 g/mol. The summed E-state index contributed by atoms with van der Waals surface area (Å²) in [7, 11) is 4.16. The van der Waals surface area contributed by atoms with Crippen molar-refractivity contribution < 1.29 is 34.1 Å². The zero-order chi connectivity index (χ0) is 20.9. The van der Waals surface area contributed by atoms with Gasteiger partial charge in [0.25, 0.3) is 0 Å². The predicted molar refractivity (Wildman–Crippen MR) is 97.2 cm³/mol. The van der Waals surface area contributed by atoms with Crippen molar-refractivity contribution in [2.45, 2.75) is 19.4 Å². The fourth-order valence-electron chi connectivity index (χ4n) is 2.58. The van der Waals surface area contributed by atoms with Crippen molar-refractivity contribution in [1.29, 1.82) is 0 Å². The fraction of sp³-hybridized carbons (Fsp3) is 0.353. The van der Waals surface area contributed by atoms with Crippen LogP contribution in [0.3, 0.4) is 0 Å². The van der Waals surface area contributed by atoms with Crippen LogP contribution in [0.25, 0.3) is 5.70 Å². The van der Waals surface area contributed by atoms with Crippen molar-refractivity contribution in [1.82, 2.24) is 4.90 Å². The molecule has 0 aromatic heterocycles. The number of carbonyl (C=O) groups excluding carboxylic acids is 1. The molecule has 0 spiro atoms. The molecule has 10 nitrogen and oxygen atoms in total. The van der Waals surface area contributed by atoms with Crippen molar-refractivity contribution in [3.8, 4) is 11.5 Å². The molecule has 10 heteroatoms. The number of anilines is 1. The summed E-state index contributed by atoms with van der Waals surface area (Å²) in [6.45, 7) is 1.39. The first-order chi connectivity index (χ1) is 12.5. The molecule has 1 aromatic carbocycles. The summed E-state index contributed by atoms with van der Waals surface area (Å²) in [5, 5.41) is 18.5. The minimum atomic E-state index is -1.46. The first-order valence-electron chi connectivity index (χ1n) is 7.75. The molecule has 148 valence electrons. The molecule has 0 saturated carbocycles. The lowest BCUT2D eigenvalue weighted by Gasteiger charge is -2.30. The van der Waals surface area contributed by atoms with Crippen LogP contribution in [0.1, 0.15) is 18.9 Å². The molecule has 0 aliphatic heterocycles. The number of carbonyl (C=O) groups is 3. The van der Waals surface area contributed by atoms with Crippen LogP contribution in [-0.4, -0.2) is 60.3 Å². The molecular weight excluding hydrogens is 358 g/mol. The van der Waals surface area contributed by atoms with Crippen LogP contribution in [0, 0.1) is 0 Å². The number of nitrogens with two attached hydrogens (primary N) is 2. The van der Waals surface area contributed by atoms with E-state index in [1.54, 1.807) is 0 Å². The Morgan fingerprint density at radius 3 is 2.07 bits per heavy atom. The van der Waals surface area contributed by atoms with Crippen molar-refractivity contribution in [2.75, 3.05) is 27.0 Å². The van der Waals surface area contributed by atoms with E-state index in [2.05, 4.69) is 0 Å². The van der Waals surface area contributed by atoms with E-state index >= 15 is 0 Å². The van der Waals surface area contributed by atoms with Gasteiger partial charge in [-0.3, -0.25) is 9.59 Å². The highest BCUT2D eigenvalue weighted by Gasteiger charge is 2.30. The number of ether oxygens (including phenoxy) is 2. The summed E-state index contributed by atoms with van der Waals surface area (Å²) in [5.74, 6) is -2.89. The normalized spacial score (nSPS) is 12.6. The molecular formula is C17H23N3O7. The second-order valence-electron chi connectivity index (χ2n) is 5.70. The van der Waals surface area contributed by atoms with Gasteiger partial charge in [-0.2, -0.15) is 0 Å². The Hall–Kier alpha value is -3.43. The predicted octanol–water partition coefficient (Wildman–Crippen LogP) is 0.362. The summed E-state index contributed by atoms with van der Waals surface area (Å²) in [6, 6.07) is 1.45. The topological polar surface area (TPSA) is 165 Å². The lowest BCUT2D eigenvalue weighted by molar-refractivity contribution is -0.148. The van der Waals surface area contributed by atoms with Crippen molar-refractivity contribution in [2.24, 2.45) is 5.73 Å². The Kier molecular flexibility index (Phi) is 7.03. The standard InChI is InChI=1S/C17H23N3O7/c1-8(16(19)23)15(20(2)11(17(24)25)7-14(21)22)9-5-12(26-3)13(27-4)6-10(9)18/h5-6,11H,7,18H2,1-4H3,(H2,19,23)(H,21,22)(H,24,25)/t11-/m1/s1. The molecule has 0 unspecified atom stereocenters. The third kappa shape index (κ3) is 4.81. The summed E-state index contributed by atoms with van der Waals surface area (Å²) in [4.78, 5) is 35.6. The van der Waals surface area contributed by atoms with E-state index in [0.29, 0.717) is 5.75 Å². The maximum Gasteiger partial charge on any atom is 0.326 e. The minimum absolute atomic E-state index is 0.00746. The van der Waals surface area contributed by atoms with Gasteiger partial charge in [0.2, 0.25) is 5.91 Å². The van der Waals surface area contributed by atoms with Gasteiger partial charge < -0.3 is 36.1 Å². The minimum Gasteiger partial charge on any atom is -0.493 e. The number of carboxylic acid groups (broad SMARTS) is 2. The van der Waals surface area contributed by atoms with E-state index < -0.39 is 30.3 Å². The number of aliphatic carboxylic acids is 2. The Bertz CT molecular complexity index is 789. The van der Waals surface area contributed by atoms with Gasteiger partial charge in [0.15, 0.2) is 11.5 Å². The van der Waals surface area contributed by atoms with Gasteiger partial charge in [0.05, 0.1) is 26.3 Å². The van der Waals surface area contributed by atoms with Crippen LogP contribution < -0.4 is 20.9 Å². The number of hydrogen-bond donors (Lipinski definition) is 4. The number of nitrogens with zero attached hydrogens (tertiary/aromatic N) is 1. The second kappa shape index (κ2) is 8.79. The Labute approximate surface area is 155 Å². The van der Waals surface area contributed by atoms with E-state index in [4.69, 9.17) is 26.0 Å². The fourth-order valence-corrected chi connectivity index (χ4v) is 2.58. The number of nitrogen functional groups attached to an aromatic ring is 1. The first kappa shape index (κ1) is 21.6. The number of rotatable bonds is 9. The number of benzene rings is 1. The Morgan fingerprint density at radius 1 is 1.15 bits per heavy atom. The van der Waals surface area contributed by atoms with Crippen LogP contribution in [0.5, 0.6) is 11.5 Å². The summed E-state index contributed by atoms with van der Waals surface area (Å²) >= 11 is 0. The van der Waals surface area contributed by atoms with E-state index in [1.165, 1.54) is 40.3 Å². The summed E-state index contributed by atoms with van der Waals surface area (Å²) in [6.07, 6.45) is -0.700. The van der Waals surface area contributed by atoms with E-state index in [1.807, 2.05) is 0 Å². The van der Waals surface area contributed by atoms with Gasteiger partial charge in [-0.1, -0.05) is 0 Å². The number of carboxylic acids is 2. The first-order valence-corrected chi connectivity index (χ1v) is 7.75. The average Bonchev–Trinajstić information content (AvgIpc) is 2.59. The van der Waals surface area contributed by atoms with E-state index in [-0.39, 0.29) is 28.3 Å². The van der Waals surface area contributed by atoms with E-state index in [9.17, 15) is 19.5 Å². The van der Waals surface area contributed by atoms with Crippen LogP contribution >= 0.6 is 0 Å². The summed E-state index contributed by atoms with van der Waals surface area (Å²) in [5.41, 5.74) is 11.9. The second-order valence-corrected chi connectivity index (χ2v) is 5.70. The Morgan fingerprint density at radius 2 is 1.67 bits per heavy atom. The molecule has 0 heterocycles. The van der Waals surface area contributed by atoms with Crippen LogP contribution in [0.4, 0.5) is 5.69 Å². The highest BCUT2D eigenvalue weighted by atomic mass is 16.5. The smallest absolute Gasteiger partial charge is 0.326 e. The zero-order valence-corrected chi connectivity index (χ0v) is 15.5. The molecule has 0 aliphatic rings. The van der Waals surface area contributed by atoms with Gasteiger partial charge in [-0.15, -0.1) is 0 Å². The van der Waals surface area contributed by atoms with Crippen LogP contribution in [-0.2, 0) is 14.4 Å². The third-order valence-corrected chi connectivity index (χ3v) is 4.01. The summed E-state index contributed by atoms with van der Waals surface area (Å²) < 4.78 is 10.4. The molecule has 1 aromatic rings. The van der Waals surface area contributed by atoms with Gasteiger partial charge in [0, 0.05) is 29.9 Å². The number of primary amides is 1. The number of hydrogen-bond acceptors (Lipinski definition) is 7. The molecule has 1 atom stereocenters. The van der Waals surface area contributed by atoms with Crippen LogP contribution in [0.15, 0.2) is 17.7 Å². The zero-order valence-electron chi connectivity index (χ0n) is 15.5. The lowest BCUT2D eigenvalue weighted by Crippen LogP contribution is -2.40. The van der Waals surface area contributed by atoms with Gasteiger partial charge in [0.1, 0.15) is 6.04 Å². The molecule has 0 aliphatic carbocycles. The van der Waals surface area contributed by atoms with Crippen molar-refractivity contribution >= 4 is 29.2 Å². The number of likely N-dealkylation sites (N-methyl/N-ethyl adjacent to an activating group) is 1. The molecule has 0 radical (unpaired) electrons. The Balaban J connectivity index is 3.70. The third-order valence-electron chi connectivity index (χ3n) is 4.01. The molecule has 0 bridgehead atoms. The SMILES string of the molecule is COc1cc(N)c(C(=C(C)C(N)=O)N(C)[C@H](CC(=O)O)C(=O)O)cc1OC. The quantitative estimate of drug-likeness (QED) is 0.349. The highest BCUT2D eigenvalue weighted by Crippen LogP contribution is 2.37. The lowest BCUT2D eigenvalue weighted by atomic mass is 10.0. The average molecular weight is 381 g/mol. The van der Waals surface area contributed by atoms with Crippen molar-refractivity contribution in [3.05, 3.63) is 23.3 Å². The maximum atomic E-state index is 11.8. The number of amides is 1. The molecule has 1 amide bonds. The highest BCUT2D eigenvalue weighted by molar-refractivity contribution is 6.01.